The van der Waals surface area contributed by atoms with Gasteiger partial charge in [0.1, 0.15) is 18.9 Å². The summed E-state index contributed by atoms with van der Waals surface area (Å²) < 4.78 is 9.90. The Morgan fingerprint density at radius 3 is 2.71 bits per heavy atom. The van der Waals surface area contributed by atoms with E-state index >= 15 is 0 Å². The van der Waals surface area contributed by atoms with Gasteiger partial charge in [0.15, 0.2) is 0 Å². The predicted molar refractivity (Wildman–Crippen MR) is 58.8 cm³/mol. The van der Waals surface area contributed by atoms with Gasteiger partial charge in [-0.3, -0.25) is 4.79 Å². The zero-order valence-electron chi connectivity index (χ0n) is 9.30. The Labute approximate surface area is 98.2 Å². The number of rotatable bonds is 5. The molecule has 0 saturated carbocycles. The van der Waals surface area contributed by atoms with E-state index in [2.05, 4.69) is 5.32 Å². The minimum atomic E-state index is -1.13. The number of amides is 1. The third-order valence-corrected chi connectivity index (χ3v) is 1.94. The summed E-state index contributed by atoms with van der Waals surface area (Å²) in [6, 6.07) is 7.08. The van der Waals surface area contributed by atoms with Gasteiger partial charge in [-0.25, -0.2) is 4.79 Å². The van der Waals surface area contributed by atoms with Crippen LogP contribution >= 0.6 is 0 Å². The van der Waals surface area contributed by atoms with Crippen LogP contribution in [-0.4, -0.2) is 30.8 Å². The molecule has 2 N–H and O–H groups in total. The molecule has 6 heteroatoms. The van der Waals surface area contributed by atoms with Crippen LogP contribution in [0, 0.1) is 0 Å². The van der Waals surface area contributed by atoms with Gasteiger partial charge in [-0.2, -0.15) is 0 Å². The number of hydrogen-bond donors (Lipinski definition) is 2. The van der Waals surface area contributed by atoms with E-state index < -0.39 is 18.6 Å². The van der Waals surface area contributed by atoms with Gasteiger partial charge in [-0.15, -0.1) is 0 Å². The lowest BCUT2D eigenvalue weighted by atomic mass is 10.2. The number of nitrogens with one attached hydrogen (secondary N) is 1. The average molecular weight is 239 g/mol. The molecule has 0 bridgehead atoms. The summed E-state index contributed by atoms with van der Waals surface area (Å²) in [6.07, 6.45) is -0.779. The van der Waals surface area contributed by atoms with E-state index in [1.165, 1.54) is 7.11 Å². The smallest absolute Gasteiger partial charge is 0.407 e. The summed E-state index contributed by atoms with van der Waals surface area (Å²) in [4.78, 5) is 21.3. The third kappa shape index (κ3) is 4.42. The number of carboxylic acid groups (broad SMARTS) is 1. The van der Waals surface area contributed by atoms with Crippen molar-refractivity contribution in [2.45, 2.75) is 6.61 Å². The molecule has 1 amide bonds. The second kappa shape index (κ2) is 6.37. The summed E-state index contributed by atoms with van der Waals surface area (Å²) in [5.74, 6) is -0.516. The second-order valence-corrected chi connectivity index (χ2v) is 3.14. The van der Waals surface area contributed by atoms with Crippen molar-refractivity contribution in [2.24, 2.45) is 0 Å². The van der Waals surface area contributed by atoms with Crippen molar-refractivity contribution in [1.29, 1.82) is 0 Å². The van der Waals surface area contributed by atoms with Gasteiger partial charge in [0, 0.05) is 5.56 Å². The molecule has 0 aromatic heterocycles. The number of carboxylic acids is 1. The highest BCUT2D eigenvalue weighted by atomic mass is 16.5. The van der Waals surface area contributed by atoms with Gasteiger partial charge in [-0.1, -0.05) is 18.2 Å². The number of aliphatic carboxylic acids is 1. The molecule has 0 atom stereocenters. The molecule has 0 aliphatic carbocycles. The number of hydrogen-bond acceptors (Lipinski definition) is 4. The zero-order valence-corrected chi connectivity index (χ0v) is 9.30. The molecule has 6 nitrogen and oxygen atoms in total. The number of para-hydroxylation sites is 1. The van der Waals surface area contributed by atoms with Gasteiger partial charge in [0.05, 0.1) is 7.11 Å². The fourth-order valence-corrected chi connectivity index (χ4v) is 1.16. The van der Waals surface area contributed by atoms with Crippen molar-refractivity contribution >= 4 is 12.1 Å². The SMILES string of the molecule is COc1ccccc1COC(=O)NCC(=O)O. The first kappa shape index (κ1) is 12.8. The van der Waals surface area contributed by atoms with Crippen molar-refractivity contribution in [2.75, 3.05) is 13.7 Å². The van der Waals surface area contributed by atoms with Crippen LogP contribution in [0.5, 0.6) is 5.75 Å². The Morgan fingerprint density at radius 1 is 1.35 bits per heavy atom. The minimum absolute atomic E-state index is 0.0233. The van der Waals surface area contributed by atoms with Gasteiger partial charge in [0.25, 0.3) is 0 Å². The van der Waals surface area contributed by atoms with Crippen molar-refractivity contribution in [3.8, 4) is 5.75 Å². The Bertz CT molecular complexity index is 405. The average Bonchev–Trinajstić information content (AvgIpc) is 2.34. The molecule has 1 rings (SSSR count). The van der Waals surface area contributed by atoms with Crippen molar-refractivity contribution < 1.29 is 24.2 Å². The second-order valence-electron chi connectivity index (χ2n) is 3.14. The highest BCUT2D eigenvalue weighted by Gasteiger charge is 2.07. The van der Waals surface area contributed by atoms with E-state index in [0.29, 0.717) is 11.3 Å². The summed E-state index contributed by atoms with van der Waals surface area (Å²) in [6.45, 7) is -0.444. The molecule has 0 heterocycles. The molecule has 0 saturated heterocycles. The van der Waals surface area contributed by atoms with E-state index in [1.807, 2.05) is 0 Å². The van der Waals surface area contributed by atoms with Crippen LogP contribution in [0.1, 0.15) is 5.56 Å². The first-order chi connectivity index (χ1) is 8.13. The molecular weight excluding hydrogens is 226 g/mol. The monoisotopic (exact) mass is 239 g/mol. The van der Waals surface area contributed by atoms with Crippen LogP contribution in [-0.2, 0) is 16.1 Å². The van der Waals surface area contributed by atoms with Gasteiger partial charge in [0.2, 0.25) is 0 Å². The summed E-state index contributed by atoms with van der Waals surface area (Å²) >= 11 is 0. The first-order valence-electron chi connectivity index (χ1n) is 4.88. The molecule has 1 aromatic rings. The number of methoxy groups -OCH3 is 1. The molecule has 92 valence electrons. The van der Waals surface area contributed by atoms with Crippen LogP contribution in [0.25, 0.3) is 0 Å². The predicted octanol–water partition coefficient (Wildman–Crippen LogP) is 1.01. The van der Waals surface area contributed by atoms with Crippen LogP contribution in [0.4, 0.5) is 4.79 Å². The number of alkyl carbamates (subject to hydrolysis) is 1. The normalized spacial score (nSPS) is 9.47. The Kier molecular flexibility index (Phi) is 4.80. The maximum atomic E-state index is 11.1. The number of benzene rings is 1. The highest BCUT2D eigenvalue weighted by Crippen LogP contribution is 2.17. The van der Waals surface area contributed by atoms with Crippen molar-refractivity contribution in [1.82, 2.24) is 5.32 Å². The van der Waals surface area contributed by atoms with E-state index in [-0.39, 0.29) is 6.61 Å². The highest BCUT2D eigenvalue weighted by molar-refractivity contribution is 5.76. The quantitative estimate of drug-likeness (QED) is 0.800. The van der Waals surface area contributed by atoms with Crippen molar-refractivity contribution in [3.63, 3.8) is 0 Å². The molecule has 0 spiro atoms. The lowest BCUT2D eigenvalue weighted by Crippen LogP contribution is -2.29. The van der Waals surface area contributed by atoms with Gasteiger partial charge < -0.3 is 19.9 Å². The first-order valence-corrected chi connectivity index (χ1v) is 4.88. The molecule has 0 fully saturated rings. The molecule has 1 aromatic carbocycles. The zero-order chi connectivity index (χ0) is 12.7. The lowest BCUT2D eigenvalue weighted by molar-refractivity contribution is -0.135. The number of carbonyl (C=O) groups is 2. The molecule has 0 aliphatic heterocycles. The van der Waals surface area contributed by atoms with Crippen LogP contribution in [0.2, 0.25) is 0 Å². The number of carbonyl (C=O) groups excluding carboxylic acids is 1. The largest absolute Gasteiger partial charge is 0.496 e. The fourth-order valence-electron chi connectivity index (χ4n) is 1.16. The van der Waals surface area contributed by atoms with Crippen LogP contribution < -0.4 is 10.1 Å². The summed E-state index contributed by atoms with van der Waals surface area (Å²) in [7, 11) is 1.52. The van der Waals surface area contributed by atoms with Crippen LogP contribution in [0.15, 0.2) is 24.3 Å². The topological polar surface area (TPSA) is 84.9 Å². The fraction of sp³-hybridized carbons (Fsp3) is 0.273. The Morgan fingerprint density at radius 2 is 2.06 bits per heavy atom. The Balaban J connectivity index is 2.44. The van der Waals surface area contributed by atoms with E-state index in [4.69, 9.17) is 14.6 Å². The van der Waals surface area contributed by atoms with E-state index in [0.717, 1.165) is 0 Å². The Hall–Kier alpha value is -2.24. The minimum Gasteiger partial charge on any atom is -0.496 e. The summed E-state index contributed by atoms with van der Waals surface area (Å²) in [5, 5.41) is 10.4. The maximum Gasteiger partial charge on any atom is 0.407 e. The standard InChI is InChI=1S/C11H13NO5/c1-16-9-5-3-2-4-8(9)7-17-11(15)12-6-10(13)14/h2-5H,6-7H2,1H3,(H,12,15)(H,13,14). The summed E-state index contributed by atoms with van der Waals surface area (Å²) in [5.41, 5.74) is 0.709. The van der Waals surface area contributed by atoms with Gasteiger partial charge >= 0.3 is 12.1 Å². The molecule has 0 unspecified atom stereocenters. The maximum absolute atomic E-state index is 11.1. The third-order valence-electron chi connectivity index (χ3n) is 1.94. The molecule has 0 radical (unpaired) electrons. The number of ether oxygens (including phenoxy) is 2. The van der Waals surface area contributed by atoms with Crippen LogP contribution in [0.3, 0.4) is 0 Å². The van der Waals surface area contributed by atoms with E-state index in [1.54, 1.807) is 24.3 Å². The molecular formula is C11H13NO5. The van der Waals surface area contributed by atoms with Crippen molar-refractivity contribution in [3.05, 3.63) is 29.8 Å². The van der Waals surface area contributed by atoms with E-state index in [9.17, 15) is 9.59 Å². The van der Waals surface area contributed by atoms with Gasteiger partial charge in [-0.05, 0) is 6.07 Å². The molecule has 17 heavy (non-hydrogen) atoms. The molecule has 0 aliphatic rings. The lowest BCUT2D eigenvalue weighted by Gasteiger charge is -2.09.